The lowest BCUT2D eigenvalue weighted by Gasteiger charge is -1.87. The average Bonchev–Trinajstić information content (AvgIpc) is 2.29. The van der Waals surface area contributed by atoms with Crippen LogP contribution < -0.4 is 4.68 Å². The van der Waals surface area contributed by atoms with Crippen LogP contribution in [0.1, 0.15) is 5.56 Å². The van der Waals surface area contributed by atoms with Gasteiger partial charge in [-0.1, -0.05) is 35.0 Å². The van der Waals surface area contributed by atoms with Gasteiger partial charge in [-0.3, -0.25) is 0 Å². The number of aromatic nitrogens is 2. The van der Waals surface area contributed by atoms with Gasteiger partial charge >= 0.3 is 0 Å². The molecule has 0 aliphatic rings. The van der Waals surface area contributed by atoms with Crippen molar-refractivity contribution in [2.75, 3.05) is 0 Å². The predicted octanol–water partition coefficient (Wildman–Crippen LogP) is 2.00. The van der Waals surface area contributed by atoms with Crippen molar-refractivity contribution in [3.05, 3.63) is 60.4 Å². The highest BCUT2D eigenvalue weighted by atomic mass is 15.2. The molecule has 2 rings (SSSR count). The minimum absolute atomic E-state index is 1.17. The summed E-state index contributed by atoms with van der Waals surface area (Å²) in [6.07, 6.45) is 7.61. The van der Waals surface area contributed by atoms with Gasteiger partial charge in [0.1, 0.15) is 0 Å². The van der Waals surface area contributed by atoms with Crippen LogP contribution in [0.25, 0.3) is 12.3 Å². The highest BCUT2D eigenvalue weighted by molar-refractivity contribution is 5.56. The van der Waals surface area contributed by atoms with Crippen LogP contribution in [-0.2, 0) is 0 Å². The average molecular weight is 183 g/mol. The highest BCUT2D eigenvalue weighted by Crippen LogP contribution is 1.99. The zero-order valence-electron chi connectivity index (χ0n) is 7.75. The van der Waals surface area contributed by atoms with Crippen LogP contribution in [0.2, 0.25) is 0 Å². The van der Waals surface area contributed by atoms with Crippen LogP contribution in [0.5, 0.6) is 0 Å². The molecule has 68 valence electrons. The van der Waals surface area contributed by atoms with Gasteiger partial charge in [0.15, 0.2) is 0 Å². The third-order valence-electron chi connectivity index (χ3n) is 1.86. The quantitative estimate of drug-likeness (QED) is 0.651. The van der Waals surface area contributed by atoms with E-state index in [1.54, 1.807) is 10.9 Å². The molecular formula is C12H11N2+. The molecule has 2 heteroatoms. The highest BCUT2D eigenvalue weighted by Gasteiger charge is 1.91. The molecule has 0 N–H and O–H groups in total. The van der Waals surface area contributed by atoms with Crippen molar-refractivity contribution in [2.45, 2.75) is 0 Å². The van der Waals surface area contributed by atoms with Crippen LogP contribution in [0.4, 0.5) is 0 Å². The van der Waals surface area contributed by atoms with Gasteiger partial charge in [-0.2, -0.15) is 0 Å². The van der Waals surface area contributed by atoms with E-state index in [1.165, 1.54) is 5.56 Å². The minimum Gasteiger partial charge on any atom is -0.0622 e. The van der Waals surface area contributed by atoms with Crippen LogP contribution >= 0.6 is 0 Å². The Morgan fingerprint density at radius 2 is 1.86 bits per heavy atom. The SMILES string of the molecule is C(=C\[n+]1ccccn1)/c1ccccc1. The molecule has 14 heavy (non-hydrogen) atoms. The van der Waals surface area contributed by atoms with Gasteiger partial charge in [0.25, 0.3) is 0 Å². The van der Waals surface area contributed by atoms with Gasteiger partial charge in [-0.25, -0.2) is 0 Å². The fraction of sp³-hybridized carbons (Fsp3) is 0. The van der Waals surface area contributed by atoms with Crippen LogP contribution in [-0.4, -0.2) is 5.10 Å². The lowest BCUT2D eigenvalue weighted by atomic mass is 10.2. The summed E-state index contributed by atoms with van der Waals surface area (Å²) >= 11 is 0. The summed E-state index contributed by atoms with van der Waals surface area (Å²) in [6, 6.07) is 14.0. The number of hydrogen-bond donors (Lipinski definition) is 0. The molecule has 2 nitrogen and oxygen atoms in total. The Kier molecular flexibility index (Phi) is 2.67. The number of benzene rings is 1. The second-order valence-electron chi connectivity index (χ2n) is 2.90. The summed E-state index contributed by atoms with van der Waals surface area (Å²) in [4.78, 5) is 0. The van der Waals surface area contributed by atoms with Crippen molar-refractivity contribution in [3.63, 3.8) is 0 Å². The molecule has 0 atom stereocenters. The van der Waals surface area contributed by atoms with Gasteiger partial charge in [0.2, 0.25) is 12.4 Å². The first-order valence-corrected chi connectivity index (χ1v) is 4.51. The predicted molar refractivity (Wildman–Crippen MR) is 56.1 cm³/mol. The number of hydrogen-bond acceptors (Lipinski definition) is 1. The van der Waals surface area contributed by atoms with Gasteiger partial charge in [0, 0.05) is 12.1 Å². The summed E-state index contributed by atoms with van der Waals surface area (Å²) < 4.78 is 1.77. The third kappa shape index (κ3) is 2.26. The fourth-order valence-electron chi connectivity index (χ4n) is 1.16. The Labute approximate surface area is 83.1 Å². The van der Waals surface area contributed by atoms with Crippen molar-refractivity contribution in [3.8, 4) is 0 Å². The standard InChI is InChI=1S/C12H11N2/c1-2-6-12(7-3-1)8-11-14-10-5-4-9-13-14/h1-11H/q+1/b11-8+. The van der Waals surface area contributed by atoms with Crippen molar-refractivity contribution in [1.29, 1.82) is 0 Å². The molecule has 0 saturated heterocycles. The molecular weight excluding hydrogens is 172 g/mol. The van der Waals surface area contributed by atoms with E-state index in [2.05, 4.69) is 17.2 Å². The van der Waals surface area contributed by atoms with E-state index in [4.69, 9.17) is 0 Å². The van der Waals surface area contributed by atoms with Crippen LogP contribution in [0, 0.1) is 0 Å². The number of rotatable bonds is 2. The second-order valence-corrected chi connectivity index (χ2v) is 2.90. The maximum Gasteiger partial charge on any atom is 0.202 e. The molecule has 0 bridgehead atoms. The van der Waals surface area contributed by atoms with E-state index in [1.807, 2.05) is 48.8 Å². The molecule has 2 aromatic rings. The van der Waals surface area contributed by atoms with E-state index in [0.29, 0.717) is 0 Å². The third-order valence-corrected chi connectivity index (χ3v) is 1.86. The normalized spacial score (nSPS) is 10.6. The van der Waals surface area contributed by atoms with E-state index in [9.17, 15) is 0 Å². The Bertz CT molecular complexity index is 365. The molecule has 0 unspecified atom stereocenters. The zero-order chi connectivity index (χ0) is 9.64. The molecule has 0 aliphatic carbocycles. The maximum absolute atomic E-state index is 4.12. The summed E-state index contributed by atoms with van der Waals surface area (Å²) in [5.74, 6) is 0. The van der Waals surface area contributed by atoms with Gasteiger partial charge < -0.3 is 0 Å². The monoisotopic (exact) mass is 183 g/mol. The van der Waals surface area contributed by atoms with Crippen molar-refractivity contribution in [2.24, 2.45) is 0 Å². The first-order chi connectivity index (χ1) is 6.95. The Balaban J connectivity index is 2.16. The molecule has 0 spiro atoms. The molecule has 0 fully saturated rings. The van der Waals surface area contributed by atoms with E-state index >= 15 is 0 Å². The summed E-state index contributed by atoms with van der Waals surface area (Å²) in [6.45, 7) is 0. The first kappa shape index (κ1) is 8.63. The van der Waals surface area contributed by atoms with Gasteiger partial charge in [0.05, 0.1) is 6.20 Å². The van der Waals surface area contributed by atoms with Crippen molar-refractivity contribution < 1.29 is 4.68 Å². The maximum atomic E-state index is 4.12. The fourth-order valence-corrected chi connectivity index (χ4v) is 1.16. The smallest absolute Gasteiger partial charge is 0.0622 e. The van der Waals surface area contributed by atoms with Crippen molar-refractivity contribution >= 4 is 12.3 Å². The Hall–Kier alpha value is -1.96. The minimum atomic E-state index is 1.17. The Morgan fingerprint density at radius 1 is 1.00 bits per heavy atom. The summed E-state index contributed by atoms with van der Waals surface area (Å²) in [5.41, 5.74) is 1.17. The first-order valence-electron chi connectivity index (χ1n) is 4.51. The van der Waals surface area contributed by atoms with E-state index in [-0.39, 0.29) is 0 Å². The molecule has 1 aromatic heterocycles. The van der Waals surface area contributed by atoms with Crippen LogP contribution in [0.15, 0.2) is 54.9 Å². The largest absolute Gasteiger partial charge is 0.202 e. The lowest BCUT2D eigenvalue weighted by Crippen LogP contribution is -2.29. The summed E-state index contributed by atoms with van der Waals surface area (Å²) in [7, 11) is 0. The molecule has 0 aliphatic heterocycles. The van der Waals surface area contributed by atoms with Gasteiger partial charge in [-0.15, -0.1) is 0 Å². The van der Waals surface area contributed by atoms with Crippen molar-refractivity contribution in [1.82, 2.24) is 5.10 Å². The van der Waals surface area contributed by atoms with E-state index in [0.717, 1.165) is 0 Å². The molecule has 0 radical (unpaired) electrons. The molecule has 1 aromatic carbocycles. The van der Waals surface area contributed by atoms with Crippen LogP contribution in [0.3, 0.4) is 0 Å². The zero-order valence-corrected chi connectivity index (χ0v) is 7.75. The van der Waals surface area contributed by atoms with E-state index < -0.39 is 0 Å². The molecule has 1 heterocycles. The molecule has 0 saturated carbocycles. The lowest BCUT2D eigenvalue weighted by molar-refractivity contribution is -0.633. The topological polar surface area (TPSA) is 16.8 Å². The van der Waals surface area contributed by atoms with Gasteiger partial charge in [-0.05, 0) is 16.7 Å². The second kappa shape index (κ2) is 4.33. The Morgan fingerprint density at radius 3 is 2.57 bits per heavy atom. The number of nitrogens with zero attached hydrogens (tertiary/aromatic N) is 2. The summed E-state index contributed by atoms with van der Waals surface area (Å²) in [5, 5.41) is 4.12. The molecule has 0 amide bonds.